The molecule has 4 nitrogen and oxygen atoms in total. The summed E-state index contributed by atoms with van der Waals surface area (Å²) in [5, 5.41) is 5.53. The number of nitrogens with two attached hydrogens (primary N) is 1. The third-order valence-electron chi connectivity index (χ3n) is 3.37. The molecule has 7 heteroatoms. The maximum atomic E-state index is 12.8. The fourth-order valence-electron chi connectivity index (χ4n) is 1.72. The average molecular weight is 317 g/mol. The minimum atomic E-state index is -4.46. The Morgan fingerprint density at radius 3 is 2.41 bits per heavy atom. The molecule has 22 heavy (non-hydrogen) atoms. The van der Waals surface area contributed by atoms with Crippen molar-refractivity contribution < 1.29 is 18.0 Å². The van der Waals surface area contributed by atoms with E-state index in [2.05, 4.69) is 10.6 Å². The Morgan fingerprint density at radius 2 is 1.91 bits per heavy atom. The number of benzene rings is 1. The first-order valence-electron chi connectivity index (χ1n) is 7.18. The van der Waals surface area contributed by atoms with Gasteiger partial charge in [0.15, 0.2) is 0 Å². The number of rotatable bonds is 6. The van der Waals surface area contributed by atoms with Gasteiger partial charge in [-0.15, -0.1) is 0 Å². The van der Waals surface area contributed by atoms with Crippen LogP contribution in [0.3, 0.4) is 0 Å². The summed E-state index contributed by atoms with van der Waals surface area (Å²) in [6.45, 7) is 5.84. The summed E-state index contributed by atoms with van der Waals surface area (Å²) in [6.07, 6.45) is -3.65. The van der Waals surface area contributed by atoms with Crippen molar-refractivity contribution in [2.45, 2.75) is 39.4 Å². The predicted molar refractivity (Wildman–Crippen MR) is 81.7 cm³/mol. The van der Waals surface area contributed by atoms with Crippen molar-refractivity contribution in [1.82, 2.24) is 0 Å². The maximum Gasteiger partial charge on any atom is 0.416 e. The minimum Gasteiger partial charge on any atom is -0.383 e. The quantitative estimate of drug-likeness (QED) is 0.753. The van der Waals surface area contributed by atoms with E-state index in [0.717, 1.165) is 18.6 Å². The van der Waals surface area contributed by atoms with Crippen molar-refractivity contribution in [2.75, 3.05) is 17.2 Å². The van der Waals surface area contributed by atoms with E-state index in [1.807, 2.05) is 6.92 Å². The largest absolute Gasteiger partial charge is 0.416 e. The Hall–Kier alpha value is -1.76. The smallest absolute Gasteiger partial charge is 0.383 e. The Morgan fingerprint density at radius 1 is 1.27 bits per heavy atom. The molecule has 0 saturated carbocycles. The normalized spacial score (nSPS) is 14.3. The predicted octanol–water partition coefficient (Wildman–Crippen LogP) is 3.45. The fraction of sp³-hybridized carbons (Fsp3) is 0.533. The second-order valence-electron chi connectivity index (χ2n) is 5.32. The lowest BCUT2D eigenvalue weighted by atomic mass is 10.0. The summed E-state index contributed by atoms with van der Waals surface area (Å²) in [5.41, 5.74) is 5.41. The van der Waals surface area contributed by atoms with Gasteiger partial charge in [-0.25, -0.2) is 0 Å². The van der Waals surface area contributed by atoms with Gasteiger partial charge in [0.2, 0.25) is 5.91 Å². The Kier molecular flexibility index (Phi) is 6.22. The molecular formula is C15H22F3N3O. The van der Waals surface area contributed by atoms with Crippen LogP contribution in [-0.4, -0.2) is 18.5 Å². The first-order chi connectivity index (χ1) is 10.2. The summed E-state index contributed by atoms with van der Waals surface area (Å²) in [6, 6.07) is 2.86. The molecule has 0 aliphatic rings. The van der Waals surface area contributed by atoms with Crippen LogP contribution in [0.4, 0.5) is 24.5 Å². The number of nitrogens with one attached hydrogen (secondary N) is 2. The monoisotopic (exact) mass is 317 g/mol. The molecule has 0 radical (unpaired) electrons. The van der Waals surface area contributed by atoms with Gasteiger partial charge in [0.25, 0.3) is 0 Å². The minimum absolute atomic E-state index is 0.112. The number of amides is 1. The summed E-state index contributed by atoms with van der Waals surface area (Å²) >= 11 is 0. The van der Waals surface area contributed by atoms with Crippen LogP contribution in [0.1, 0.15) is 32.8 Å². The standard InChI is InChI=1S/C15H22F3N3O/c1-4-7-20-12-6-5-11(15(16,17)18)8-13(12)21-14(22)9(2)10(3)19/h5-6,8-10,20H,4,7,19H2,1-3H3,(H,21,22). The number of carbonyl (C=O) groups is 1. The molecule has 124 valence electrons. The van der Waals surface area contributed by atoms with Crippen molar-refractivity contribution in [3.8, 4) is 0 Å². The third kappa shape index (κ3) is 4.91. The Balaban J connectivity index is 3.08. The maximum absolute atomic E-state index is 12.8. The van der Waals surface area contributed by atoms with Crippen LogP contribution in [0.15, 0.2) is 18.2 Å². The van der Waals surface area contributed by atoms with E-state index in [-0.39, 0.29) is 5.69 Å². The van der Waals surface area contributed by atoms with Gasteiger partial charge >= 0.3 is 6.18 Å². The lowest BCUT2D eigenvalue weighted by Crippen LogP contribution is -2.34. The molecular weight excluding hydrogens is 295 g/mol. The van der Waals surface area contributed by atoms with Crippen molar-refractivity contribution in [3.63, 3.8) is 0 Å². The van der Waals surface area contributed by atoms with Crippen molar-refractivity contribution in [2.24, 2.45) is 11.7 Å². The van der Waals surface area contributed by atoms with Crippen LogP contribution in [0, 0.1) is 5.92 Å². The Bertz CT molecular complexity index is 515. The highest BCUT2D eigenvalue weighted by Crippen LogP contribution is 2.34. The number of carbonyl (C=O) groups excluding carboxylic acids is 1. The van der Waals surface area contributed by atoms with E-state index in [1.165, 1.54) is 6.07 Å². The van der Waals surface area contributed by atoms with E-state index in [1.54, 1.807) is 13.8 Å². The molecule has 0 aliphatic heterocycles. The molecule has 2 unspecified atom stereocenters. The van der Waals surface area contributed by atoms with Crippen molar-refractivity contribution >= 4 is 17.3 Å². The van der Waals surface area contributed by atoms with Crippen molar-refractivity contribution in [3.05, 3.63) is 23.8 Å². The number of alkyl halides is 3. The molecule has 2 atom stereocenters. The summed E-state index contributed by atoms with van der Waals surface area (Å²) < 4.78 is 38.5. The van der Waals surface area contributed by atoms with Crippen LogP contribution < -0.4 is 16.4 Å². The van der Waals surface area contributed by atoms with Gasteiger partial charge in [-0.2, -0.15) is 13.2 Å². The van der Waals surface area contributed by atoms with Gasteiger partial charge < -0.3 is 16.4 Å². The van der Waals surface area contributed by atoms with E-state index < -0.39 is 29.6 Å². The lowest BCUT2D eigenvalue weighted by molar-refractivity contribution is -0.137. The van der Waals surface area contributed by atoms with E-state index in [4.69, 9.17) is 5.73 Å². The molecule has 1 amide bonds. The first-order valence-corrected chi connectivity index (χ1v) is 7.18. The molecule has 1 rings (SSSR count). The van der Waals surface area contributed by atoms with Crippen LogP contribution >= 0.6 is 0 Å². The zero-order valence-corrected chi connectivity index (χ0v) is 12.9. The molecule has 0 spiro atoms. The fourth-order valence-corrected chi connectivity index (χ4v) is 1.72. The summed E-state index contributed by atoms with van der Waals surface area (Å²) in [7, 11) is 0. The Labute approximate surface area is 128 Å². The van der Waals surface area contributed by atoms with E-state index in [0.29, 0.717) is 12.2 Å². The lowest BCUT2D eigenvalue weighted by Gasteiger charge is -2.19. The number of anilines is 2. The highest BCUT2D eigenvalue weighted by Gasteiger charge is 2.31. The van der Waals surface area contributed by atoms with Crippen LogP contribution in [0.2, 0.25) is 0 Å². The third-order valence-corrected chi connectivity index (χ3v) is 3.37. The summed E-state index contributed by atoms with van der Waals surface area (Å²) in [4.78, 5) is 12.0. The van der Waals surface area contributed by atoms with Gasteiger partial charge in [0, 0.05) is 12.6 Å². The zero-order chi connectivity index (χ0) is 16.9. The van der Waals surface area contributed by atoms with E-state index in [9.17, 15) is 18.0 Å². The van der Waals surface area contributed by atoms with Crippen molar-refractivity contribution in [1.29, 1.82) is 0 Å². The molecule has 0 heterocycles. The zero-order valence-electron chi connectivity index (χ0n) is 12.9. The molecule has 0 fully saturated rings. The highest BCUT2D eigenvalue weighted by molar-refractivity contribution is 5.96. The van der Waals surface area contributed by atoms with E-state index >= 15 is 0 Å². The molecule has 1 aromatic rings. The number of hydrogen-bond acceptors (Lipinski definition) is 3. The molecule has 0 aliphatic carbocycles. The molecule has 1 aromatic carbocycles. The SMILES string of the molecule is CCCNc1ccc(C(F)(F)F)cc1NC(=O)C(C)C(C)N. The number of hydrogen-bond donors (Lipinski definition) is 3. The molecule has 0 bridgehead atoms. The topological polar surface area (TPSA) is 67.1 Å². The van der Waals surface area contributed by atoms with Crippen LogP contribution in [0.25, 0.3) is 0 Å². The average Bonchev–Trinajstić information content (AvgIpc) is 2.43. The molecule has 4 N–H and O–H groups in total. The molecule has 0 aromatic heterocycles. The van der Waals surface area contributed by atoms with Crippen LogP contribution in [0.5, 0.6) is 0 Å². The van der Waals surface area contributed by atoms with Gasteiger partial charge in [0.1, 0.15) is 0 Å². The molecule has 0 saturated heterocycles. The van der Waals surface area contributed by atoms with Crippen LogP contribution in [-0.2, 0) is 11.0 Å². The number of halogens is 3. The van der Waals surface area contributed by atoms with Gasteiger partial charge in [-0.1, -0.05) is 13.8 Å². The van der Waals surface area contributed by atoms with Gasteiger partial charge in [-0.3, -0.25) is 4.79 Å². The van der Waals surface area contributed by atoms with Gasteiger partial charge in [0.05, 0.1) is 22.9 Å². The summed E-state index contributed by atoms with van der Waals surface area (Å²) in [5.74, 6) is -0.914. The highest BCUT2D eigenvalue weighted by atomic mass is 19.4. The second-order valence-corrected chi connectivity index (χ2v) is 5.32. The second kappa shape index (κ2) is 7.49. The van der Waals surface area contributed by atoms with Gasteiger partial charge in [-0.05, 0) is 31.5 Å². The first kappa shape index (κ1) is 18.3.